The van der Waals surface area contributed by atoms with Crippen molar-refractivity contribution in [1.29, 1.82) is 0 Å². The number of aromatic amines is 1. The van der Waals surface area contributed by atoms with Gasteiger partial charge >= 0.3 is 0 Å². The molecular weight excluding hydrogens is 220 g/mol. The monoisotopic (exact) mass is 240 g/mol. The van der Waals surface area contributed by atoms with Crippen molar-refractivity contribution in [3.63, 3.8) is 0 Å². The predicted octanol–water partition coefficient (Wildman–Crippen LogP) is -0.604. The lowest BCUT2D eigenvalue weighted by molar-refractivity contribution is 0.179. The van der Waals surface area contributed by atoms with Gasteiger partial charge in [0.25, 0.3) is 0 Å². The summed E-state index contributed by atoms with van der Waals surface area (Å²) in [5, 5.41) is 3.11. The first-order valence-electron chi connectivity index (χ1n) is 5.51. The minimum absolute atomic E-state index is 0.151. The normalized spacial score (nSPS) is 13.5. The molecule has 1 rings (SSSR count). The number of methoxy groups -OCH3 is 1. The molecule has 0 saturated heterocycles. The van der Waals surface area contributed by atoms with E-state index in [4.69, 9.17) is 10.6 Å². The number of nitrogens with one attached hydrogen (secondary N) is 3. The van der Waals surface area contributed by atoms with Gasteiger partial charge < -0.3 is 15.0 Å². The Labute approximate surface area is 101 Å². The number of imidazole rings is 1. The predicted molar refractivity (Wildman–Crippen MR) is 66.4 cm³/mol. The summed E-state index contributed by atoms with van der Waals surface area (Å²) in [6, 6.07) is 0.151. The summed E-state index contributed by atoms with van der Waals surface area (Å²) in [6.07, 6.45) is 4.26. The molecule has 0 fully saturated rings. The van der Waals surface area contributed by atoms with Crippen LogP contribution in [0.25, 0.3) is 0 Å². The topological polar surface area (TPSA) is 100 Å². The first kappa shape index (κ1) is 13.5. The van der Waals surface area contributed by atoms with Crippen LogP contribution >= 0.6 is 0 Å². The molecule has 0 aliphatic heterocycles. The Morgan fingerprint density at radius 3 is 3.12 bits per heavy atom. The van der Waals surface area contributed by atoms with Crippen LogP contribution in [-0.4, -0.2) is 42.2 Å². The third-order valence-electron chi connectivity index (χ3n) is 2.11. The van der Waals surface area contributed by atoms with Gasteiger partial charge in [0.2, 0.25) is 5.96 Å². The molecule has 5 N–H and O–H groups in total. The van der Waals surface area contributed by atoms with E-state index in [1.54, 1.807) is 19.5 Å². The van der Waals surface area contributed by atoms with Crippen molar-refractivity contribution in [3.05, 3.63) is 18.2 Å². The average Bonchev–Trinajstić information content (AvgIpc) is 2.81. The number of H-pyrrole nitrogens is 1. The zero-order valence-corrected chi connectivity index (χ0v) is 10.2. The van der Waals surface area contributed by atoms with Crippen LogP contribution in [0.1, 0.15) is 12.7 Å². The van der Waals surface area contributed by atoms with Gasteiger partial charge in [-0.15, -0.1) is 0 Å². The number of rotatable bonds is 6. The molecule has 0 radical (unpaired) electrons. The van der Waals surface area contributed by atoms with Gasteiger partial charge in [-0.3, -0.25) is 10.4 Å². The van der Waals surface area contributed by atoms with Crippen molar-refractivity contribution in [1.82, 2.24) is 20.7 Å². The van der Waals surface area contributed by atoms with Gasteiger partial charge in [-0.05, 0) is 6.92 Å². The summed E-state index contributed by atoms with van der Waals surface area (Å²) in [5.41, 5.74) is 2.52. The van der Waals surface area contributed by atoms with Crippen LogP contribution in [0.15, 0.2) is 17.4 Å². The zero-order chi connectivity index (χ0) is 12.5. The van der Waals surface area contributed by atoms with E-state index >= 15 is 0 Å². The maximum Gasteiger partial charge on any atom is 0.206 e. The lowest BCUT2D eigenvalue weighted by Crippen LogP contribution is -2.47. The van der Waals surface area contributed by atoms with Crippen LogP contribution in [-0.2, 0) is 11.2 Å². The Morgan fingerprint density at radius 2 is 2.53 bits per heavy atom. The summed E-state index contributed by atoms with van der Waals surface area (Å²) in [7, 11) is 1.65. The minimum Gasteiger partial charge on any atom is -0.383 e. The van der Waals surface area contributed by atoms with E-state index in [0.29, 0.717) is 19.1 Å². The van der Waals surface area contributed by atoms with Crippen molar-refractivity contribution in [3.8, 4) is 0 Å². The number of aliphatic imine (C=N–C) groups is 1. The number of guanidine groups is 1. The number of hydrazine groups is 1. The fourth-order valence-corrected chi connectivity index (χ4v) is 1.37. The van der Waals surface area contributed by atoms with Crippen LogP contribution in [0.4, 0.5) is 0 Å². The highest BCUT2D eigenvalue weighted by atomic mass is 16.5. The Bertz CT molecular complexity index is 324. The van der Waals surface area contributed by atoms with Crippen molar-refractivity contribution in [2.75, 3.05) is 20.3 Å². The maximum absolute atomic E-state index is 5.37. The Balaban J connectivity index is 2.33. The van der Waals surface area contributed by atoms with Gasteiger partial charge in [-0.25, -0.2) is 10.8 Å². The fourth-order valence-electron chi connectivity index (χ4n) is 1.37. The van der Waals surface area contributed by atoms with Crippen molar-refractivity contribution >= 4 is 5.96 Å². The molecule has 1 atom stereocenters. The lowest BCUT2D eigenvalue weighted by atomic mass is 10.4. The average molecular weight is 240 g/mol. The van der Waals surface area contributed by atoms with E-state index in [-0.39, 0.29) is 6.04 Å². The number of nitrogens with two attached hydrogens (primary N) is 1. The highest BCUT2D eigenvalue weighted by Gasteiger charge is 2.03. The summed E-state index contributed by atoms with van der Waals surface area (Å²) < 4.78 is 5.01. The first-order chi connectivity index (χ1) is 8.26. The molecule has 1 aromatic rings. The van der Waals surface area contributed by atoms with Crippen molar-refractivity contribution in [2.45, 2.75) is 19.4 Å². The fraction of sp³-hybridized carbons (Fsp3) is 0.600. The molecule has 1 unspecified atom stereocenters. The zero-order valence-electron chi connectivity index (χ0n) is 10.2. The van der Waals surface area contributed by atoms with Gasteiger partial charge in [-0.2, -0.15) is 0 Å². The molecule has 0 saturated carbocycles. The molecule has 1 heterocycles. The smallest absolute Gasteiger partial charge is 0.206 e. The van der Waals surface area contributed by atoms with E-state index in [9.17, 15) is 0 Å². The summed E-state index contributed by atoms with van der Waals surface area (Å²) in [4.78, 5) is 11.4. The van der Waals surface area contributed by atoms with E-state index in [1.807, 2.05) is 6.92 Å². The number of nitrogens with zero attached hydrogens (tertiary/aromatic N) is 2. The molecule has 1 aromatic heterocycles. The number of hydrogen-bond donors (Lipinski definition) is 4. The minimum atomic E-state index is 0.151. The van der Waals surface area contributed by atoms with E-state index in [1.165, 1.54) is 0 Å². The second-order valence-corrected chi connectivity index (χ2v) is 3.66. The Morgan fingerprint density at radius 1 is 1.71 bits per heavy atom. The number of ether oxygens (including phenoxy) is 1. The maximum atomic E-state index is 5.37. The second kappa shape index (κ2) is 7.64. The molecule has 0 aromatic carbocycles. The summed E-state index contributed by atoms with van der Waals surface area (Å²) in [6.45, 7) is 3.20. The van der Waals surface area contributed by atoms with Crippen molar-refractivity contribution in [2.24, 2.45) is 10.8 Å². The van der Waals surface area contributed by atoms with Crippen LogP contribution in [0.5, 0.6) is 0 Å². The highest BCUT2D eigenvalue weighted by Crippen LogP contribution is 1.90. The van der Waals surface area contributed by atoms with E-state index < -0.39 is 0 Å². The van der Waals surface area contributed by atoms with Crippen LogP contribution in [0.2, 0.25) is 0 Å². The lowest BCUT2D eigenvalue weighted by Gasteiger charge is -2.15. The van der Waals surface area contributed by atoms with E-state index in [0.717, 1.165) is 12.2 Å². The standard InChI is InChI=1S/C10H20N6O/c1-8(7-17-2)15-10(16-11)14-4-3-9-12-5-6-13-9/h5-6,8H,3-4,7,11H2,1-2H3,(H,12,13)(H2,14,15,16). The molecule has 7 nitrogen and oxygen atoms in total. The van der Waals surface area contributed by atoms with E-state index in [2.05, 4.69) is 25.7 Å². The van der Waals surface area contributed by atoms with Gasteiger partial charge in [0.05, 0.1) is 6.61 Å². The van der Waals surface area contributed by atoms with Crippen LogP contribution < -0.4 is 16.6 Å². The molecule has 0 aliphatic carbocycles. The van der Waals surface area contributed by atoms with Gasteiger partial charge in [0.15, 0.2) is 0 Å². The molecule has 0 bridgehead atoms. The molecule has 0 spiro atoms. The number of hydrogen-bond acceptors (Lipinski definition) is 4. The quantitative estimate of drug-likeness (QED) is 0.230. The van der Waals surface area contributed by atoms with Gasteiger partial charge in [0.1, 0.15) is 5.82 Å². The van der Waals surface area contributed by atoms with Gasteiger partial charge in [0, 0.05) is 38.5 Å². The largest absolute Gasteiger partial charge is 0.383 e. The SMILES string of the molecule is COCC(C)NC(=NCCc1ncc[nH]1)NN. The summed E-state index contributed by atoms with van der Waals surface area (Å²) >= 11 is 0. The van der Waals surface area contributed by atoms with Gasteiger partial charge in [-0.1, -0.05) is 0 Å². The molecular formula is C10H20N6O. The molecule has 17 heavy (non-hydrogen) atoms. The molecule has 0 amide bonds. The third kappa shape index (κ3) is 5.32. The molecule has 0 aliphatic rings. The number of aromatic nitrogens is 2. The first-order valence-corrected chi connectivity index (χ1v) is 5.51. The molecule has 7 heteroatoms. The Kier molecular flexibility index (Phi) is 6.05. The third-order valence-corrected chi connectivity index (χ3v) is 2.11. The Hall–Kier alpha value is -1.60. The van der Waals surface area contributed by atoms with Crippen molar-refractivity contribution < 1.29 is 4.74 Å². The van der Waals surface area contributed by atoms with Crippen LogP contribution in [0.3, 0.4) is 0 Å². The van der Waals surface area contributed by atoms with Crippen LogP contribution in [0, 0.1) is 0 Å². The highest BCUT2D eigenvalue weighted by molar-refractivity contribution is 5.79. The summed E-state index contributed by atoms with van der Waals surface area (Å²) in [5.74, 6) is 6.84. The molecule has 96 valence electrons. The second-order valence-electron chi connectivity index (χ2n) is 3.66.